The number of tetrazole rings is 1. The molecule has 0 radical (unpaired) electrons. The lowest BCUT2D eigenvalue weighted by Gasteiger charge is -2.27. The van der Waals surface area contributed by atoms with Crippen LogP contribution in [0.25, 0.3) is 0 Å². The van der Waals surface area contributed by atoms with Crippen LogP contribution >= 0.6 is 11.8 Å². The third-order valence-electron chi connectivity index (χ3n) is 4.70. The Morgan fingerprint density at radius 3 is 2.71 bits per heavy atom. The fourth-order valence-electron chi connectivity index (χ4n) is 3.42. The lowest BCUT2D eigenvalue weighted by atomic mass is 9.90. The Labute approximate surface area is 146 Å². The summed E-state index contributed by atoms with van der Waals surface area (Å²) >= 11 is 1.40. The van der Waals surface area contributed by atoms with Gasteiger partial charge >= 0.3 is 0 Å². The molecule has 0 bridgehead atoms. The molecular weight excluding hydrogens is 322 g/mol. The number of likely N-dealkylation sites (tertiary alicyclic amines) is 1. The van der Waals surface area contributed by atoms with Gasteiger partial charge in [-0.05, 0) is 35.8 Å². The fourth-order valence-corrected chi connectivity index (χ4v) is 4.16. The van der Waals surface area contributed by atoms with Crippen molar-refractivity contribution in [2.24, 2.45) is 7.05 Å². The zero-order valence-corrected chi connectivity index (χ0v) is 15.2. The van der Waals surface area contributed by atoms with Crippen LogP contribution in [0.15, 0.2) is 29.4 Å². The second-order valence-electron chi connectivity index (χ2n) is 6.24. The molecule has 0 saturated carbocycles. The van der Waals surface area contributed by atoms with Crippen LogP contribution < -0.4 is 0 Å². The number of aromatic nitrogens is 4. The second kappa shape index (κ2) is 7.34. The van der Waals surface area contributed by atoms with E-state index in [2.05, 4.69) is 53.6 Å². The predicted octanol–water partition coefficient (Wildman–Crippen LogP) is 2.41. The molecule has 6 nitrogen and oxygen atoms in total. The van der Waals surface area contributed by atoms with E-state index in [-0.39, 0.29) is 11.9 Å². The van der Waals surface area contributed by atoms with Gasteiger partial charge in [0, 0.05) is 25.6 Å². The van der Waals surface area contributed by atoms with E-state index >= 15 is 0 Å². The summed E-state index contributed by atoms with van der Waals surface area (Å²) in [6.07, 6.45) is 2.00. The number of amides is 1. The highest BCUT2D eigenvalue weighted by molar-refractivity contribution is 7.99. The van der Waals surface area contributed by atoms with Gasteiger partial charge in [0.25, 0.3) is 0 Å². The Bertz CT molecular complexity index is 699. The van der Waals surface area contributed by atoms with Crippen molar-refractivity contribution in [1.29, 1.82) is 0 Å². The first-order valence-corrected chi connectivity index (χ1v) is 9.30. The minimum atomic E-state index is 0.171. The Hall–Kier alpha value is -1.89. The first kappa shape index (κ1) is 17.0. The summed E-state index contributed by atoms with van der Waals surface area (Å²) in [5, 5.41) is 12.0. The van der Waals surface area contributed by atoms with Crippen LogP contribution in [0.3, 0.4) is 0 Å². The Kier molecular flexibility index (Phi) is 5.18. The van der Waals surface area contributed by atoms with Crippen molar-refractivity contribution in [3.8, 4) is 0 Å². The summed E-state index contributed by atoms with van der Waals surface area (Å²) in [6, 6.07) is 9.00. The van der Waals surface area contributed by atoms with Crippen molar-refractivity contribution in [2.75, 3.05) is 12.3 Å². The largest absolute Gasteiger partial charge is 0.338 e. The fraction of sp³-hybridized carbons (Fsp3) is 0.529. The Morgan fingerprint density at radius 2 is 2.08 bits per heavy atom. The molecule has 3 rings (SSSR count). The maximum atomic E-state index is 12.7. The summed E-state index contributed by atoms with van der Waals surface area (Å²) in [6.45, 7) is 5.09. The van der Waals surface area contributed by atoms with Crippen molar-refractivity contribution < 1.29 is 4.79 Å². The minimum absolute atomic E-state index is 0.171. The summed E-state index contributed by atoms with van der Waals surface area (Å²) < 4.78 is 1.59. The summed E-state index contributed by atoms with van der Waals surface area (Å²) in [7, 11) is 1.78. The highest BCUT2D eigenvalue weighted by Gasteiger charge is 2.36. The first-order chi connectivity index (χ1) is 11.6. The molecule has 24 heavy (non-hydrogen) atoms. The summed E-state index contributed by atoms with van der Waals surface area (Å²) in [5.41, 5.74) is 2.61. The standard InChI is InChI=1S/C17H23N5OS/c1-4-15-14(13-7-5-12(2)6-8-13)9-10-22(15)16(23)11-24-17-18-19-20-21(17)3/h5-8,14-15H,4,9-11H2,1-3H3/t14-,15-/m1/s1. The van der Waals surface area contributed by atoms with Crippen molar-refractivity contribution in [2.45, 2.75) is 43.8 Å². The molecule has 2 atom stereocenters. The maximum absolute atomic E-state index is 12.7. The van der Waals surface area contributed by atoms with Gasteiger partial charge in [-0.3, -0.25) is 4.79 Å². The number of hydrogen-bond acceptors (Lipinski definition) is 5. The normalized spacial score (nSPS) is 20.5. The summed E-state index contributed by atoms with van der Waals surface area (Å²) in [4.78, 5) is 14.7. The van der Waals surface area contributed by atoms with Gasteiger partial charge < -0.3 is 4.90 Å². The quantitative estimate of drug-likeness (QED) is 0.779. The molecule has 1 aliphatic rings. The number of benzene rings is 1. The molecule has 0 N–H and O–H groups in total. The minimum Gasteiger partial charge on any atom is -0.338 e. The zero-order chi connectivity index (χ0) is 17.1. The number of nitrogens with zero attached hydrogens (tertiary/aromatic N) is 5. The number of rotatable bonds is 5. The topological polar surface area (TPSA) is 63.9 Å². The van der Waals surface area contributed by atoms with Gasteiger partial charge in [0.05, 0.1) is 5.75 Å². The maximum Gasteiger partial charge on any atom is 0.233 e. The van der Waals surface area contributed by atoms with Gasteiger partial charge in [-0.15, -0.1) is 5.10 Å². The molecule has 1 fully saturated rings. The van der Waals surface area contributed by atoms with E-state index in [0.29, 0.717) is 16.8 Å². The predicted molar refractivity (Wildman–Crippen MR) is 93.9 cm³/mol. The molecule has 0 unspecified atom stereocenters. The molecule has 128 valence electrons. The third kappa shape index (κ3) is 3.45. The van der Waals surface area contributed by atoms with Crippen LogP contribution in [-0.2, 0) is 11.8 Å². The molecule has 0 spiro atoms. The van der Waals surface area contributed by atoms with Crippen LogP contribution in [0.4, 0.5) is 0 Å². The van der Waals surface area contributed by atoms with Gasteiger partial charge in [0.1, 0.15) is 0 Å². The van der Waals surface area contributed by atoms with E-state index in [9.17, 15) is 4.79 Å². The van der Waals surface area contributed by atoms with Crippen LogP contribution in [0.2, 0.25) is 0 Å². The van der Waals surface area contributed by atoms with E-state index in [1.54, 1.807) is 11.7 Å². The van der Waals surface area contributed by atoms with E-state index in [0.717, 1.165) is 19.4 Å². The van der Waals surface area contributed by atoms with Crippen molar-refractivity contribution in [3.05, 3.63) is 35.4 Å². The molecule has 7 heteroatoms. The lowest BCUT2D eigenvalue weighted by Crippen LogP contribution is -2.38. The molecule has 1 amide bonds. The SMILES string of the molecule is CC[C@@H]1[C@@H](c2ccc(C)cc2)CCN1C(=O)CSc1nnnn1C. The van der Waals surface area contributed by atoms with E-state index < -0.39 is 0 Å². The van der Waals surface area contributed by atoms with Gasteiger partial charge in [-0.2, -0.15) is 0 Å². The first-order valence-electron chi connectivity index (χ1n) is 8.31. The highest BCUT2D eigenvalue weighted by atomic mass is 32.2. The van der Waals surface area contributed by atoms with Crippen LogP contribution in [0.5, 0.6) is 0 Å². The molecule has 1 aromatic heterocycles. The third-order valence-corrected chi connectivity index (χ3v) is 5.69. The van der Waals surface area contributed by atoms with Crippen LogP contribution in [0, 0.1) is 6.92 Å². The number of aryl methyl sites for hydroxylation is 2. The smallest absolute Gasteiger partial charge is 0.233 e. The molecule has 1 aromatic carbocycles. The lowest BCUT2D eigenvalue weighted by molar-refractivity contribution is -0.129. The molecule has 2 heterocycles. The molecule has 1 saturated heterocycles. The molecule has 0 aliphatic carbocycles. The molecule has 2 aromatic rings. The van der Waals surface area contributed by atoms with Gasteiger partial charge in [0.15, 0.2) is 0 Å². The van der Waals surface area contributed by atoms with E-state index in [1.807, 2.05) is 4.90 Å². The Balaban J connectivity index is 1.66. The molecular formula is C17H23N5OS. The number of carbonyl (C=O) groups excluding carboxylic acids is 1. The monoisotopic (exact) mass is 345 g/mol. The highest BCUT2D eigenvalue weighted by Crippen LogP contribution is 2.35. The number of hydrogen-bond donors (Lipinski definition) is 0. The van der Waals surface area contributed by atoms with Crippen molar-refractivity contribution in [3.63, 3.8) is 0 Å². The Morgan fingerprint density at radius 1 is 1.33 bits per heavy atom. The van der Waals surface area contributed by atoms with Gasteiger partial charge in [0.2, 0.25) is 11.1 Å². The second-order valence-corrected chi connectivity index (χ2v) is 7.18. The van der Waals surface area contributed by atoms with Crippen LogP contribution in [-0.4, -0.2) is 49.4 Å². The van der Waals surface area contributed by atoms with Gasteiger partial charge in [-0.1, -0.05) is 48.5 Å². The van der Waals surface area contributed by atoms with E-state index in [4.69, 9.17) is 0 Å². The number of thioether (sulfide) groups is 1. The van der Waals surface area contributed by atoms with Crippen molar-refractivity contribution >= 4 is 17.7 Å². The van der Waals surface area contributed by atoms with Gasteiger partial charge in [-0.25, -0.2) is 4.68 Å². The van der Waals surface area contributed by atoms with Crippen LogP contribution in [0.1, 0.15) is 36.8 Å². The average molecular weight is 345 g/mol. The summed E-state index contributed by atoms with van der Waals surface area (Å²) in [5.74, 6) is 0.983. The zero-order valence-electron chi connectivity index (χ0n) is 14.3. The van der Waals surface area contributed by atoms with Crippen molar-refractivity contribution in [1.82, 2.24) is 25.1 Å². The average Bonchev–Trinajstić information content (AvgIpc) is 3.19. The van der Waals surface area contributed by atoms with E-state index in [1.165, 1.54) is 22.9 Å². The molecule has 1 aliphatic heterocycles. The number of carbonyl (C=O) groups is 1.